The number of nitrogens with one attached hydrogen (secondary N) is 1. The Kier molecular flexibility index (Phi) is 3.87. The largest absolute Gasteiger partial charge is 0.444 e. The van der Waals surface area contributed by atoms with E-state index in [0.717, 1.165) is 6.42 Å². The number of carbonyl (C=O) groups excluding carboxylic acids is 2. The summed E-state index contributed by atoms with van der Waals surface area (Å²) in [6.45, 7) is 5.67. The number of hydrogen-bond donors (Lipinski definition) is 1. The first-order chi connectivity index (χ1) is 9.02. The smallest absolute Gasteiger partial charge is 0.246 e. The van der Waals surface area contributed by atoms with Gasteiger partial charge in [-0.15, -0.1) is 0 Å². The Balaban J connectivity index is 2.17. The molecule has 1 aromatic heterocycles. The van der Waals surface area contributed by atoms with Crippen molar-refractivity contribution in [3.05, 3.63) is 17.8 Å². The van der Waals surface area contributed by atoms with Gasteiger partial charge in [0.1, 0.15) is 24.4 Å². The molecule has 0 aromatic carbocycles. The number of aryl methyl sites for hydroxylation is 1. The molecule has 0 aliphatic carbocycles. The number of aromatic nitrogens is 1. The third-order valence-corrected chi connectivity index (χ3v) is 3.27. The first-order valence-electron chi connectivity index (χ1n) is 6.55. The van der Waals surface area contributed by atoms with Crippen molar-refractivity contribution in [2.75, 3.05) is 6.54 Å². The van der Waals surface area contributed by atoms with Crippen LogP contribution in [0.1, 0.15) is 44.4 Å². The van der Waals surface area contributed by atoms with E-state index in [2.05, 4.69) is 10.3 Å². The third-order valence-electron chi connectivity index (χ3n) is 3.27. The molecule has 2 unspecified atom stereocenters. The van der Waals surface area contributed by atoms with E-state index in [1.165, 1.54) is 4.90 Å². The molecular formula is C13H19N3O3. The van der Waals surface area contributed by atoms with E-state index >= 15 is 0 Å². The fourth-order valence-electron chi connectivity index (χ4n) is 2.25. The summed E-state index contributed by atoms with van der Waals surface area (Å²) in [4.78, 5) is 29.7. The Morgan fingerprint density at radius 2 is 2.32 bits per heavy atom. The average Bonchev–Trinajstić information content (AvgIpc) is 2.79. The Morgan fingerprint density at radius 3 is 2.89 bits per heavy atom. The zero-order chi connectivity index (χ0) is 14.0. The molecule has 2 amide bonds. The van der Waals surface area contributed by atoms with Gasteiger partial charge in [0.2, 0.25) is 17.7 Å². The highest BCUT2D eigenvalue weighted by Gasteiger charge is 2.36. The molecule has 6 nitrogen and oxygen atoms in total. The van der Waals surface area contributed by atoms with E-state index in [-0.39, 0.29) is 24.4 Å². The van der Waals surface area contributed by atoms with Crippen molar-refractivity contribution in [3.63, 3.8) is 0 Å². The SMILES string of the molecule is CCCC1NC(=O)CN(C(C)c2ncc(C)o2)C1=O. The summed E-state index contributed by atoms with van der Waals surface area (Å²) in [6.07, 6.45) is 3.11. The van der Waals surface area contributed by atoms with Gasteiger partial charge in [-0.05, 0) is 20.3 Å². The molecule has 0 spiro atoms. The lowest BCUT2D eigenvalue weighted by Gasteiger charge is -2.35. The lowest BCUT2D eigenvalue weighted by molar-refractivity contribution is -0.147. The predicted octanol–water partition coefficient (Wildman–Crippen LogP) is 1.17. The molecule has 1 aliphatic rings. The van der Waals surface area contributed by atoms with E-state index in [4.69, 9.17) is 4.42 Å². The maximum atomic E-state index is 12.3. The summed E-state index contributed by atoms with van der Waals surface area (Å²) in [7, 11) is 0. The number of rotatable bonds is 4. The van der Waals surface area contributed by atoms with Crippen LogP contribution in [0.4, 0.5) is 0 Å². The van der Waals surface area contributed by atoms with E-state index in [1.807, 2.05) is 13.8 Å². The van der Waals surface area contributed by atoms with Crippen molar-refractivity contribution in [3.8, 4) is 0 Å². The molecule has 0 radical (unpaired) electrons. The van der Waals surface area contributed by atoms with Gasteiger partial charge in [-0.2, -0.15) is 0 Å². The quantitative estimate of drug-likeness (QED) is 0.886. The van der Waals surface area contributed by atoms with Crippen LogP contribution in [0.25, 0.3) is 0 Å². The Labute approximate surface area is 112 Å². The van der Waals surface area contributed by atoms with Crippen molar-refractivity contribution in [2.45, 2.75) is 45.7 Å². The molecule has 0 bridgehead atoms. The van der Waals surface area contributed by atoms with Crippen molar-refractivity contribution < 1.29 is 14.0 Å². The predicted molar refractivity (Wildman–Crippen MR) is 68.2 cm³/mol. The van der Waals surface area contributed by atoms with Crippen LogP contribution in [0.5, 0.6) is 0 Å². The van der Waals surface area contributed by atoms with Crippen LogP contribution in [-0.4, -0.2) is 34.3 Å². The highest BCUT2D eigenvalue weighted by atomic mass is 16.4. The minimum atomic E-state index is -0.426. The van der Waals surface area contributed by atoms with Gasteiger partial charge in [-0.25, -0.2) is 4.98 Å². The molecule has 1 aromatic rings. The molecular weight excluding hydrogens is 246 g/mol. The van der Waals surface area contributed by atoms with Crippen LogP contribution < -0.4 is 5.32 Å². The first kappa shape index (κ1) is 13.6. The maximum Gasteiger partial charge on any atom is 0.246 e. The van der Waals surface area contributed by atoms with E-state index in [0.29, 0.717) is 18.1 Å². The molecule has 0 saturated carbocycles. The molecule has 6 heteroatoms. The summed E-state index contributed by atoms with van der Waals surface area (Å²) in [6, 6.07) is -0.753. The summed E-state index contributed by atoms with van der Waals surface area (Å²) < 4.78 is 5.44. The van der Waals surface area contributed by atoms with Gasteiger partial charge >= 0.3 is 0 Å². The Hall–Kier alpha value is -1.85. The second-order valence-corrected chi connectivity index (χ2v) is 4.86. The Morgan fingerprint density at radius 1 is 1.58 bits per heavy atom. The highest BCUT2D eigenvalue weighted by molar-refractivity contribution is 5.95. The Bertz CT molecular complexity index is 483. The van der Waals surface area contributed by atoms with Gasteiger partial charge < -0.3 is 14.6 Å². The molecule has 1 saturated heterocycles. The van der Waals surface area contributed by atoms with E-state index in [9.17, 15) is 9.59 Å². The topological polar surface area (TPSA) is 75.4 Å². The average molecular weight is 265 g/mol. The normalized spacial score (nSPS) is 21.4. The summed E-state index contributed by atoms with van der Waals surface area (Å²) >= 11 is 0. The maximum absolute atomic E-state index is 12.3. The lowest BCUT2D eigenvalue weighted by atomic mass is 10.1. The molecule has 104 valence electrons. The van der Waals surface area contributed by atoms with Gasteiger partial charge in [0, 0.05) is 0 Å². The van der Waals surface area contributed by atoms with E-state index < -0.39 is 6.04 Å². The first-order valence-corrected chi connectivity index (χ1v) is 6.55. The highest BCUT2D eigenvalue weighted by Crippen LogP contribution is 2.23. The number of oxazole rings is 1. The number of piperazine rings is 1. The van der Waals surface area contributed by atoms with Gasteiger partial charge in [-0.3, -0.25) is 9.59 Å². The minimum Gasteiger partial charge on any atom is -0.444 e. The number of carbonyl (C=O) groups is 2. The number of nitrogens with zero attached hydrogens (tertiary/aromatic N) is 2. The summed E-state index contributed by atoms with van der Waals surface area (Å²) in [5.74, 6) is 0.967. The van der Waals surface area contributed by atoms with Gasteiger partial charge in [-0.1, -0.05) is 13.3 Å². The van der Waals surface area contributed by atoms with Crippen molar-refractivity contribution in [2.24, 2.45) is 0 Å². The monoisotopic (exact) mass is 265 g/mol. The standard InChI is InChI=1S/C13H19N3O3/c1-4-5-10-13(18)16(7-11(17)15-10)9(3)12-14-6-8(2)19-12/h6,9-10H,4-5,7H2,1-3H3,(H,15,17). The zero-order valence-electron chi connectivity index (χ0n) is 11.5. The molecule has 2 rings (SSSR count). The van der Waals surface area contributed by atoms with Crippen LogP contribution in [0.3, 0.4) is 0 Å². The molecule has 1 aliphatic heterocycles. The molecule has 1 N–H and O–H groups in total. The van der Waals surface area contributed by atoms with Crippen LogP contribution in [0, 0.1) is 6.92 Å². The van der Waals surface area contributed by atoms with Crippen molar-refractivity contribution in [1.82, 2.24) is 15.2 Å². The fourth-order valence-corrected chi connectivity index (χ4v) is 2.25. The molecule has 2 heterocycles. The third kappa shape index (κ3) is 2.77. The van der Waals surface area contributed by atoms with Crippen LogP contribution in [0.15, 0.2) is 10.6 Å². The molecule has 1 fully saturated rings. The zero-order valence-corrected chi connectivity index (χ0v) is 11.5. The number of amides is 2. The van der Waals surface area contributed by atoms with Crippen molar-refractivity contribution in [1.29, 1.82) is 0 Å². The van der Waals surface area contributed by atoms with Gasteiger partial charge in [0.15, 0.2) is 0 Å². The summed E-state index contributed by atoms with van der Waals surface area (Å²) in [5, 5.41) is 2.73. The van der Waals surface area contributed by atoms with Crippen LogP contribution in [0.2, 0.25) is 0 Å². The lowest BCUT2D eigenvalue weighted by Crippen LogP contribution is -2.58. The van der Waals surface area contributed by atoms with E-state index in [1.54, 1.807) is 13.1 Å². The number of hydrogen-bond acceptors (Lipinski definition) is 4. The second-order valence-electron chi connectivity index (χ2n) is 4.86. The van der Waals surface area contributed by atoms with Crippen LogP contribution >= 0.6 is 0 Å². The van der Waals surface area contributed by atoms with Gasteiger partial charge in [0.25, 0.3) is 0 Å². The fraction of sp³-hybridized carbons (Fsp3) is 0.615. The second kappa shape index (κ2) is 5.42. The molecule has 2 atom stereocenters. The summed E-state index contributed by atoms with van der Waals surface area (Å²) in [5.41, 5.74) is 0. The van der Waals surface area contributed by atoms with Crippen molar-refractivity contribution >= 4 is 11.8 Å². The van der Waals surface area contributed by atoms with Gasteiger partial charge in [0.05, 0.1) is 6.20 Å². The minimum absolute atomic E-state index is 0.0572. The van der Waals surface area contributed by atoms with Crippen LogP contribution in [-0.2, 0) is 9.59 Å². The molecule has 19 heavy (non-hydrogen) atoms.